The molecule has 0 rings (SSSR count). The SMILES string of the molecule is COC(=O)C(C)C(=O)C(C)OC. The maximum Gasteiger partial charge on any atom is 0.316 e. The van der Waals surface area contributed by atoms with E-state index in [0.717, 1.165) is 0 Å². The van der Waals surface area contributed by atoms with Gasteiger partial charge in [-0.25, -0.2) is 0 Å². The lowest BCUT2D eigenvalue weighted by Crippen LogP contribution is -2.31. The van der Waals surface area contributed by atoms with Crippen LogP contribution < -0.4 is 0 Å². The van der Waals surface area contributed by atoms with E-state index in [9.17, 15) is 9.59 Å². The van der Waals surface area contributed by atoms with Crippen molar-refractivity contribution in [3.8, 4) is 0 Å². The summed E-state index contributed by atoms with van der Waals surface area (Å²) in [5.41, 5.74) is 0. The van der Waals surface area contributed by atoms with Crippen LogP contribution in [0.2, 0.25) is 0 Å². The van der Waals surface area contributed by atoms with Gasteiger partial charge in [0.15, 0.2) is 5.78 Å². The summed E-state index contributed by atoms with van der Waals surface area (Å²) in [6.45, 7) is 3.10. The number of methoxy groups -OCH3 is 2. The first-order valence-corrected chi connectivity index (χ1v) is 3.69. The van der Waals surface area contributed by atoms with Crippen molar-refractivity contribution in [1.82, 2.24) is 0 Å². The number of rotatable bonds is 4. The Hall–Kier alpha value is -0.900. The third-order valence-corrected chi connectivity index (χ3v) is 1.74. The second-order valence-corrected chi connectivity index (χ2v) is 2.53. The zero-order valence-electron chi connectivity index (χ0n) is 7.79. The lowest BCUT2D eigenvalue weighted by molar-refractivity contribution is -0.151. The minimum Gasteiger partial charge on any atom is -0.468 e. The van der Waals surface area contributed by atoms with Crippen LogP contribution in [0.1, 0.15) is 13.8 Å². The molecule has 4 heteroatoms. The second-order valence-electron chi connectivity index (χ2n) is 2.53. The molecule has 0 bridgehead atoms. The van der Waals surface area contributed by atoms with Gasteiger partial charge in [0.1, 0.15) is 12.0 Å². The smallest absolute Gasteiger partial charge is 0.316 e. The Balaban J connectivity index is 4.19. The summed E-state index contributed by atoms with van der Waals surface area (Å²) in [5, 5.41) is 0. The Morgan fingerprint density at radius 1 is 1.17 bits per heavy atom. The number of esters is 1. The molecule has 0 aromatic rings. The summed E-state index contributed by atoms with van der Waals surface area (Å²) >= 11 is 0. The van der Waals surface area contributed by atoms with E-state index >= 15 is 0 Å². The molecule has 2 unspecified atom stereocenters. The van der Waals surface area contributed by atoms with Gasteiger partial charge in [-0.1, -0.05) is 0 Å². The van der Waals surface area contributed by atoms with Crippen LogP contribution in [0.25, 0.3) is 0 Å². The molecule has 2 atom stereocenters. The Bertz CT molecular complexity index is 176. The fourth-order valence-electron chi connectivity index (χ4n) is 0.761. The number of Topliss-reactive ketones (excluding diaryl/α,β-unsaturated/α-hetero) is 1. The van der Waals surface area contributed by atoms with E-state index in [1.165, 1.54) is 21.1 Å². The molecule has 12 heavy (non-hydrogen) atoms. The molecule has 0 aromatic heterocycles. The van der Waals surface area contributed by atoms with Crippen molar-refractivity contribution >= 4 is 11.8 Å². The third-order valence-electron chi connectivity index (χ3n) is 1.74. The van der Waals surface area contributed by atoms with E-state index < -0.39 is 18.0 Å². The van der Waals surface area contributed by atoms with Gasteiger partial charge in [0.2, 0.25) is 0 Å². The summed E-state index contributed by atoms with van der Waals surface area (Å²) in [7, 11) is 2.68. The third kappa shape index (κ3) is 2.62. The Labute approximate surface area is 71.8 Å². The summed E-state index contributed by atoms with van der Waals surface area (Å²) < 4.78 is 9.18. The van der Waals surface area contributed by atoms with Gasteiger partial charge in [-0.3, -0.25) is 9.59 Å². The van der Waals surface area contributed by atoms with Gasteiger partial charge in [0.25, 0.3) is 0 Å². The average molecular weight is 174 g/mol. The molecule has 0 heterocycles. The molecule has 0 spiro atoms. The fourth-order valence-corrected chi connectivity index (χ4v) is 0.761. The lowest BCUT2D eigenvalue weighted by Gasteiger charge is -2.12. The first-order valence-electron chi connectivity index (χ1n) is 3.69. The van der Waals surface area contributed by atoms with E-state index in [2.05, 4.69) is 4.74 Å². The predicted molar refractivity (Wildman–Crippen MR) is 42.7 cm³/mol. The second kappa shape index (κ2) is 4.87. The molecule has 0 aliphatic rings. The van der Waals surface area contributed by atoms with E-state index in [0.29, 0.717) is 0 Å². The summed E-state index contributed by atoms with van der Waals surface area (Å²) in [4.78, 5) is 22.1. The van der Waals surface area contributed by atoms with Gasteiger partial charge < -0.3 is 9.47 Å². The van der Waals surface area contributed by atoms with Crippen LogP contribution in [0.5, 0.6) is 0 Å². The number of ether oxygens (including phenoxy) is 2. The highest BCUT2D eigenvalue weighted by atomic mass is 16.5. The van der Waals surface area contributed by atoms with Crippen molar-refractivity contribution in [3.05, 3.63) is 0 Å². The molecule has 0 radical (unpaired) electrons. The van der Waals surface area contributed by atoms with Crippen molar-refractivity contribution in [2.75, 3.05) is 14.2 Å². The van der Waals surface area contributed by atoms with Crippen LogP contribution in [0, 0.1) is 5.92 Å². The molecule has 0 saturated carbocycles. The number of ketones is 1. The van der Waals surface area contributed by atoms with Crippen LogP contribution in [0.4, 0.5) is 0 Å². The quantitative estimate of drug-likeness (QED) is 0.457. The number of carbonyl (C=O) groups is 2. The van der Waals surface area contributed by atoms with Crippen LogP contribution in [-0.4, -0.2) is 32.1 Å². The van der Waals surface area contributed by atoms with E-state index in [-0.39, 0.29) is 5.78 Å². The highest BCUT2D eigenvalue weighted by Crippen LogP contribution is 2.05. The minimum atomic E-state index is -0.745. The minimum absolute atomic E-state index is 0.260. The Morgan fingerprint density at radius 3 is 2.00 bits per heavy atom. The lowest BCUT2D eigenvalue weighted by atomic mass is 10.0. The van der Waals surface area contributed by atoms with Gasteiger partial charge in [-0.15, -0.1) is 0 Å². The van der Waals surface area contributed by atoms with Crippen LogP contribution in [-0.2, 0) is 19.1 Å². The first kappa shape index (κ1) is 11.1. The monoisotopic (exact) mass is 174 g/mol. The zero-order valence-corrected chi connectivity index (χ0v) is 7.79. The topological polar surface area (TPSA) is 52.6 Å². The van der Waals surface area contributed by atoms with Crippen LogP contribution in [0.15, 0.2) is 0 Å². The maximum absolute atomic E-state index is 11.2. The molecule has 0 aromatic carbocycles. The number of carbonyl (C=O) groups excluding carboxylic acids is 2. The summed E-state index contributed by atoms with van der Waals surface area (Å²) in [6.07, 6.45) is -0.556. The van der Waals surface area contributed by atoms with Gasteiger partial charge in [0, 0.05) is 7.11 Å². The van der Waals surface area contributed by atoms with Gasteiger partial charge in [0.05, 0.1) is 7.11 Å². The van der Waals surface area contributed by atoms with Crippen molar-refractivity contribution in [1.29, 1.82) is 0 Å². The molecule has 0 saturated heterocycles. The van der Waals surface area contributed by atoms with E-state index in [1.54, 1.807) is 6.92 Å². The molecule has 0 aliphatic carbocycles. The summed E-state index contributed by atoms with van der Waals surface area (Å²) in [5.74, 6) is -1.53. The fraction of sp³-hybridized carbons (Fsp3) is 0.750. The summed E-state index contributed by atoms with van der Waals surface area (Å²) in [6, 6.07) is 0. The first-order chi connectivity index (χ1) is 5.54. The van der Waals surface area contributed by atoms with Crippen molar-refractivity contribution < 1.29 is 19.1 Å². The molecule has 0 amide bonds. The standard InChI is InChI=1S/C8H14O4/c1-5(8(10)12-4)7(9)6(2)11-3/h5-6H,1-4H3. The van der Waals surface area contributed by atoms with Gasteiger partial charge in [-0.05, 0) is 13.8 Å². The molecule has 70 valence electrons. The van der Waals surface area contributed by atoms with Gasteiger partial charge >= 0.3 is 5.97 Å². The highest BCUT2D eigenvalue weighted by molar-refractivity contribution is 6.00. The highest BCUT2D eigenvalue weighted by Gasteiger charge is 2.26. The van der Waals surface area contributed by atoms with Crippen molar-refractivity contribution in [2.24, 2.45) is 5.92 Å². The maximum atomic E-state index is 11.2. The average Bonchev–Trinajstić information content (AvgIpc) is 2.12. The Kier molecular flexibility index (Phi) is 4.51. The molecule has 4 nitrogen and oxygen atoms in total. The van der Waals surface area contributed by atoms with Gasteiger partial charge in [-0.2, -0.15) is 0 Å². The molecule has 0 N–H and O–H groups in total. The molecular formula is C8H14O4. The normalized spacial score (nSPS) is 15.0. The molecule has 0 fully saturated rings. The van der Waals surface area contributed by atoms with Crippen molar-refractivity contribution in [2.45, 2.75) is 20.0 Å². The number of hydrogen-bond donors (Lipinski definition) is 0. The molecular weight excluding hydrogens is 160 g/mol. The van der Waals surface area contributed by atoms with Crippen molar-refractivity contribution in [3.63, 3.8) is 0 Å². The Morgan fingerprint density at radius 2 is 1.67 bits per heavy atom. The molecule has 0 aliphatic heterocycles. The van der Waals surface area contributed by atoms with E-state index in [4.69, 9.17) is 4.74 Å². The predicted octanol–water partition coefficient (Wildman–Crippen LogP) is 0.399. The van der Waals surface area contributed by atoms with Crippen LogP contribution >= 0.6 is 0 Å². The number of hydrogen-bond acceptors (Lipinski definition) is 4. The largest absolute Gasteiger partial charge is 0.468 e. The zero-order chi connectivity index (χ0) is 9.72. The van der Waals surface area contributed by atoms with Crippen LogP contribution in [0.3, 0.4) is 0 Å². The van der Waals surface area contributed by atoms with E-state index in [1.807, 2.05) is 0 Å².